The number of hydrogen-bond donors (Lipinski definition) is 1. The van der Waals surface area contributed by atoms with Gasteiger partial charge in [0.05, 0.1) is 11.3 Å². The normalized spacial score (nSPS) is 11.0. The summed E-state index contributed by atoms with van der Waals surface area (Å²) in [5, 5.41) is 8.88. The van der Waals surface area contributed by atoms with E-state index in [1.54, 1.807) is 18.3 Å². The molecule has 4 heteroatoms. The van der Waals surface area contributed by atoms with Gasteiger partial charge in [0.15, 0.2) is 0 Å². The monoisotopic (exact) mass is 243 g/mol. The smallest absolute Gasteiger partial charge is 0.335 e. The summed E-state index contributed by atoms with van der Waals surface area (Å²) in [7, 11) is 0. The predicted molar refractivity (Wildman–Crippen MR) is 68.8 cm³/mol. The Morgan fingerprint density at radius 1 is 1.33 bits per heavy atom. The second kappa shape index (κ2) is 4.87. The lowest BCUT2D eigenvalue weighted by molar-refractivity contribution is 0.0697. The molecule has 18 heavy (non-hydrogen) atoms. The van der Waals surface area contributed by atoms with Crippen molar-refractivity contribution in [2.45, 2.75) is 13.8 Å². The number of rotatable bonds is 3. The fourth-order valence-electron chi connectivity index (χ4n) is 1.64. The van der Waals surface area contributed by atoms with Crippen LogP contribution < -0.4 is 0 Å². The summed E-state index contributed by atoms with van der Waals surface area (Å²) in [6.07, 6.45) is 1.67. The van der Waals surface area contributed by atoms with Gasteiger partial charge < -0.3 is 9.52 Å². The highest BCUT2D eigenvalue weighted by Gasteiger charge is 2.03. The molecule has 0 spiro atoms. The van der Waals surface area contributed by atoms with Crippen LogP contribution in [0.5, 0.6) is 0 Å². The van der Waals surface area contributed by atoms with Crippen LogP contribution >= 0.6 is 0 Å². The lowest BCUT2D eigenvalue weighted by Gasteiger charge is -1.96. The van der Waals surface area contributed by atoms with Gasteiger partial charge in [-0.15, -0.1) is 0 Å². The van der Waals surface area contributed by atoms with E-state index >= 15 is 0 Å². The minimum Gasteiger partial charge on any atom is -0.478 e. The highest BCUT2D eigenvalue weighted by atomic mass is 16.4. The van der Waals surface area contributed by atoms with Crippen LogP contribution in [0.4, 0.5) is 5.69 Å². The molecule has 0 saturated carbocycles. The van der Waals surface area contributed by atoms with Crippen molar-refractivity contribution in [2.24, 2.45) is 4.99 Å². The first-order valence-corrected chi connectivity index (χ1v) is 5.51. The van der Waals surface area contributed by atoms with Gasteiger partial charge in [0.1, 0.15) is 11.5 Å². The lowest BCUT2D eigenvalue weighted by atomic mass is 10.2. The van der Waals surface area contributed by atoms with Crippen molar-refractivity contribution in [1.82, 2.24) is 0 Å². The summed E-state index contributed by atoms with van der Waals surface area (Å²) in [4.78, 5) is 15.1. The fourth-order valence-corrected chi connectivity index (χ4v) is 1.64. The van der Waals surface area contributed by atoms with Crippen LogP contribution in [-0.4, -0.2) is 17.3 Å². The van der Waals surface area contributed by atoms with Crippen LogP contribution in [0, 0.1) is 13.8 Å². The van der Waals surface area contributed by atoms with Gasteiger partial charge in [-0.3, -0.25) is 4.99 Å². The molecule has 0 aliphatic heterocycles. The third-order valence-electron chi connectivity index (χ3n) is 2.53. The molecule has 2 aromatic rings. The van der Waals surface area contributed by atoms with E-state index in [0.717, 1.165) is 17.1 Å². The van der Waals surface area contributed by atoms with Crippen LogP contribution in [0.15, 0.2) is 39.7 Å². The van der Waals surface area contributed by atoms with E-state index in [-0.39, 0.29) is 5.56 Å². The summed E-state index contributed by atoms with van der Waals surface area (Å²) in [6, 6.07) is 8.38. The van der Waals surface area contributed by atoms with E-state index < -0.39 is 5.97 Å². The molecule has 0 bridgehead atoms. The Morgan fingerprint density at radius 2 is 2.11 bits per heavy atom. The minimum absolute atomic E-state index is 0.227. The van der Waals surface area contributed by atoms with Gasteiger partial charge in [-0.2, -0.15) is 0 Å². The standard InChI is InChI=1S/C14H13NO3/c1-9-6-12(10(2)18-9)8-15-13-5-3-4-11(7-13)14(16)17/h3-8H,1-2H3,(H,16,17). The largest absolute Gasteiger partial charge is 0.478 e. The first-order valence-electron chi connectivity index (χ1n) is 5.51. The van der Waals surface area contributed by atoms with Crippen molar-refractivity contribution in [1.29, 1.82) is 0 Å². The number of aromatic carboxylic acids is 1. The Bertz CT molecular complexity index is 611. The molecule has 0 atom stereocenters. The van der Waals surface area contributed by atoms with Gasteiger partial charge in [0, 0.05) is 11.8 Å². The highest BCUT2D eigenvalue weighted by molar-refractivity contribution is 5.89. The number of nitrogens with zero attached hydrogens (tertiary/aromatic N) is 1. The maximum Gasteiger partial charge on any atom is 0.335 e. The third kappa shape index (κ3) is 2.66. The zero-order valence-electron chi connectivity index (χ0n) is 10.2. The number of carboxylic acid groups (broad SMARTS) is 1. The van der Waals surface area contributed by atoms with Crippen molar-refractivity contribution in [2.75, 3.05) is 0 Å². The Balaban J connectivity index is 2.26. The highest BCUT2D eigenvalue weighted by Crippen LogP contribution is 2.16. The molecule has 92 valence electrons. The van der Waals surface area contributed by atoms with Crippen LogP contribution in [0.25, 0.3) is 0 Å². The molecule has 1 N–H and O–H groups in total. The van der Waals surface area contributed by atoms with E-state index in [1.807, 2.05) is 19.9 Å². The summed E-state index contributed by atoms with van der Waals surface area (Å²) in [5.41, 5.74) is 1.73. The Morgan fingerprint density at radius 3 is 2.72 bits per heavy atom. The van der Waals surface area contributed by atoms with E-state index in [9.17, 15) is 4.79 Å². The maximum atomic E-state index is 10.8. The van der Waals surface area contributed by atoms with E-state index in [4.69, 9.17) is 9.52 Å². The SMILES string of the molecule is Cc1cc(C=Nc2cccc(C(=O)O)c2)c(C)o1. The zero-order chi connectivity index (χ0) is 13.1. The predicted octanol–water partition coefficient (Wildman–Crippen LogP) is 3.35. The number of furan rings is 1. The molecule has 1 aromatic heterocycles. The molecular weight excluding hydrogens is 230 g/mol. The van der Waals surface area contributed by atoms with Crippen molar-refractivity contribution in [3.05, 3.63) is 53.0 Å². The Kier molecular flexibility index (Phi) is 3.28. The zero-order valence-corrected chi connectivity index (χ0v) is 10.2. The lowest BCUT2D eigenvalue weighted by Crippen LogP contribution is -1.94. The van der Waals surface area contributed by atoms with Crippen molar-refractivity contribution in [3.63, 3.8) is 0 Å². The summed E-state index contributed by atoms with van der Waals surface area (Å²) in [5.74, 6) is 0.668. The minimum atomic E-state index is -0.956. The van der Waals surface area contributed by atoms with Gasteiger partial charge in [0.25, 0.3) is 0 Å². The van der Waals surface area contributed by atoms with Gasteiger partial charge in [-0.25, -0.2) is 4.79 Å². The van der Waals surface area contributed by atoms with E-state index in [0.29, 0.717) is 5.69 Å². The number of benzene rings is 1. The number of hydrogen-bond acceptors (Lipinski definition) is 3. The number of aliphatic imine (C=N–C) groups is 1. The molecule has 0 radical (unpaired) electrons. The van der Waals surface area contributed by atoms with E-state index in [2.05, 4.69) is 4.99 Å². The molecule has 0 amide bonds. The topological polar surface area (TPSA) is 62.8 Å². The van der Waals surface area contributed by atoms with Crippen molar-refractivity contribution < 1.29 is 14.3 Å². The molecule has 4 nitrogen and oxygen atoms in total. The average Bonchev–Trinajstić information content (AvgIpc) is 2.65. The Labute approximate surface area is 105 Å². The van der Waals surface area contributed by atoms with Crippen LogP contribution in [0.3, 0.4) is 0 Å². The first-order chi connectivity index (χ1) is 8.56. The maximum absolute atomic E-state index is 10.8. The molecule has 1 heterocycles. The van der Waals surface area contributed by atoms with Gasteiger partial charge >= 0.3 is 5.97 Å². The molecule has 1 aromatic carbocycles. The summed E-state index contributed by atoms with van der Waals surface area (Å²) in [6.45, 7) is 3.73. The second-order valence-electron chi connectivity index (χ2n) is 3.98. The number of carbonyl (C=O) groups is 1. The van der Waals surface area contributed by atoms with Crippen molar-refractivity contribution >= 4 is 17.9 Å². The van der Waals surface area contributed by atoms with Crippen LogP contribution in [0.2, 0.25) is 0 Å². The summed E-state index contributed by atoms with van der Waals surface area (Å²) >= 11 is 0. The molecular formula is C14H13NO3. The quantitative estimate of drug-likeness (QED) is 0.841. The summed E-state index contributed by atoms with van der Waals surface area (Å²) < 4.78 is 5.38. The molecule has 0 aliphatic carbocycles. The fraction of sp³-hybridized carbons (Fsp3) is 0.143. The van der Waals surface area contributed by atoms with Gasteiger partial charge in [0.2, 0.25) is 0 Å². The molecule has 0 unspecified atom stereocenters. The van der Waals surface area contributed by atoms with Gasteiger partial charge in [-0.1, -0.05) is 6.07 Å². The van der Waals surface area contributed by atoms with E-state index in [1.165, 1.54) is 12.1 Å². The Hall–Kier alpha value is -2.36. The van der Waals surface area contributed by atoms with Crippen LogP contribution in [-0.2, 0) is 0 Å². The first kappa shape index (κ1) is 12.1. The molecule has 0 fully saturated rings. The molecule has 0 saturated heterocycles. The third-order valence-corrected chi connectivity index (χ3v) is 2.53. The molecule has 0 aliphatic rings. The number of aryl methyl sites for hydroxylation is 2. The van der Waals surface area contributed by atoms with Gasteiger partial charge in [-0.05, 0) is 38.1 Å². The van der Waals surface area contributed by atoms with Crippen LogP contribution in [0.1, 0.15) is 27.4 Å². The second-order valence-corrected chi connectivity index (χ2v) is 3.98. The molecule has 2 rings (SSSR count). The number of carboxylic acids is 1. The van der Waals surface area contributed by atoms with Crippen molar-refractivity contribution in [3.8, 4) is 0 Å². The average molecular weight is 243 g/mol.